The summed E-state index contributed by atoms with van der Waals surface area (Å²) in [5, 5.41) is 3.04. The molecule has 0 aliphatic carbocycles. The predicted octanol–water partition coefficient (Wildman–Crippen LogP) is 4.06. The zero-order valence-electron chi connectivity index (χ0n) is 15.1. The molecule has 1 saturated heterocycles. The number of aryl methyl sites for hydroxylation is 1. The monoisotopic (exact) mass is 377 g/mol. The molecule has 27 heavy (non-hydrogen) atoms. The zero-order chi connectivity index (χ0) is 19.4. The molecule has 0 atom stereocenters. The van der Waals surface area contributed by atoms with Gasteiger partial charge in [-0.05, 0) is 49.1 Å². The molecule has 1 fully saturated rings. The van der Waals surface area contributed by atoms with E-state index in [1.54, 1.807) is 0 Å². The highest BCUT2D eigenvalue weighted by atomic mass is 19.4. The number of nitrogens with one attached hydrogen (secondary N) is 1. The van der Waals surface area contributed by atoms with Gasteiger partial charge in [-0.1, -0.05) is 19.1 Å². The minimum Gasteiger partial charge on any atom is -0.356 e. The van der Waals surface area contributed by atoms with Crippen molar-refractivity contribution in [3.63, 3.8) is 0 Å². The number of anilines is 1. The molecule has 2 heterocycles. The quantitative estimate of drug-likeness (QED) is 0.874. The molecular weight excluding hydrogens is 355 g/mol. The van der Waals surface area contributed by atoms with Gasteiger partial charge < -0.3 is 10.2 Å². The van der Waals surface area contributed by atoms with E-state index in [0.717, 1.165) is 31.5 Å². The standard InChI is InChI=1S/C20H22F3N3O/c1-2-14-3-5-15(6-4-14)19(27)25-17-9-11-26(12-10-17)18-8-7-16(13-24-18)20(21,22)23/h3-8,13,17H,2,9-12H2,1H3,(H,25,27). The molecule has 0 radical (unpaired) electrons. The maximum absolute atomic E-state index is 12.6. The topological polar surface area (TPSA) is 45.2 Å². The summed E-state index contributed by atoms with van der Waals surface area (Å²) in [6.07, 6.45) is -1.14. The molecule has 2 aromatic rings. The Morgan fingerprint density at radius 3 is 2.33 bits per heavy atom. The third-order valence-electron chi connectivity index (χ3n) is 4.85. The van der Waals surface area contributed by atoms with Gasteiger partial charge in [0.15, 0.2) is 0 Å². The number of aromatic nitrogens is 1. The Labute approximate surface area is 156 Å². The van der Waals surface area contributed by atoms with Crippen molar-refractivity contribution in [2.75, 3.05) is 18.0 Å². The fraction of sp³-hybridized carbons (Fsp3) is 0.400. The molecule has 1 amide bonds. The Kier molecular flexibility index (Phi) is 5.68. The number of piperidine rings is 1. The van der Waals surface area contributed by atoms with Gasteiger partial charge in [-0.15, -0.1) is 0 Å². The van der Waals surface area contributed by atoms with Crippen LogP contribution in [0.1, 0.15) is 41.3 Å². The molecule has 0 unspecified atom stereocenters. The van der Waals surface area contributed by atoms with Crippen LogP contribution in [0.4, 0.5) is 19.0 Å². The first-order chi connectivity index (χ1) is 12.9. The molecule has 0 bridgehead atoms. The van der Waals surface area contributed by atoms with E-state index in [1.807, 2.05) is 29.2 Å². The number of amides is 1. The van der Waals surface area contributed by atoms with E-state index in [9.17, 15) is 18.0 Å². The smallest absolute Gasteiger partial charge is 0.356 e. The molecule has 1 aliphatic heterocycles. The van der Waals surface area contributed by atoms with Crippen molar-refractivity contribution in [1.29, 1.82) is 0 Å². The zero-order valence-corrected chi connectivity index (χ0v) is 15.1. The highest BCUT2D eigenvalue weighted by Gasteiger charge is 2.31. The Bertz CT molecular complexity index is 765. The average Bonchev–Trinajstić information content (AvgIpc) is 2.68. The highest BCUT2D eigenvalue weighted by Crippen LogP contribution is 2.29. The van der Waals surface area contributed by atoms with Gasteiger partial charge in [0.2, 0.25) is 0 Å². The lowest BCUT2D eigenvalue weighted by atomic mass is 10.0. The summed E-state index contributed by atoms with van der Waals surface area (Å²) >= 11 is 0. The number of carbonyl (C=O) groups is 1. The van der Waals surface area contributed by atoms with Gasteiger partial charge >= 0.3 is 6.18 Å². The number of benzene rings is 1. The number of carbonyl (C=O) groups excluding carboxylic acids is 1. The van der Waals surface area contributed by atoms with Gasteiger partial charge in [-0.25, -0.2) is 4.98 Å². The summed E-state index contributed by atoms with van der Waals surface area (Å²) in [6, 6.07) is 10.1. The number of rotatable bonds is 4. The van der Waals surface area contributed by atoms with Crippen LogP contribution in [0, 0.1) is 0 Å². The van der Waals surface area contributed by atoms with Gasteiger partial charge in [-0.3, -0.25) is 4.79 Å². The normalized spacial score (nSPS) is 15.6. The number of halogens is 3. The number of alkyl halides is 3. The second-order valence-corrected chi connectivity index (χ2v) is 6.69. The number of hydrogen-bond donors (Lipinski definition) is 1. The van der Waals surface area contributed by atoms with E-state index in [2.05, 4.69) is 17.2 Å². The van der Waals surface area contributed by atoms with E-state index >= 15 is 0 Å². The van der Waals surface area contributed by atoms with Crippen molar-refractivity contribution >= 4 is 11.7 Å². The average molecular weight is 377 g/mol. The van der Waals surface area contributed by atoms with Crippen LogP contribution in [-0.2, 0) is 12.6 Å². The van der Waals surface area contributed by atoms with Crippen LogP contribution in [0.15, 0.2) is 42.6 Å². The Morgan fingerprint density at radius 1 is 1.15 bits per heavy atom. The third kappa shape index (κ3) is 4.78. The SMILES string of the molecule is CCc1ccc(C(=O)NC2CCN(c3ccc(C(F)(F)F)cn3)CC2)cc1. The van der Waals surface area contributed by atoms with E-state index < -0.39 is 11.7 Å². The van der Waals surface area contributed by atoms with Gasteiger partial charge in [0.05, 0.1) is 5.56 Å². The second-order valence-electron chi connectivity index (χ2n) is 6.69. The van der Waals surface area contributed by atoms with Crippen LogP contribution in [0.3, 0.4) is 0 Å². The lowest BCUT2D eigenvalue weighted by Crippen LogP contribution is -2.45. The van der Waals surface area contributed by atoms with Gasteiger partial charge in [0.25, 0.3) is 5.91 Å². The van der Waals surface area contributed by atoms with E-state index in [1.165, 1.54) is 11.6 Å². The number of pyridine rings is 1. The first-order valence-electron chi connectivity index (χ1n) is 9.05. The molecule has 144 valence electrons. The Balaban J connectivity index is 1.53. The third-order valence-corrected chi connectivity index (χ3v) is 4.85. The maximum Gasteiger partial charge on any atom is 0.417 e. The van der Waals surface area contributed by atoms with Crippen molar-refractivity contribution in [1.82, 2.24) is 10.3 Å². The van der Waals surface area contributed by atoms with Crippen LogP contribution in [-0.4, -0.2) is 30.0 Å². The molecule has 4 nitrogen and oxygen atoms in total. The number of hydrogen-bond acceptors (Lipinski definition) is 3. The van der Waals surface area contributed by atoms with Crippen LogP contribution in [0.25, 0.3) is 0 Å². The fourth-order valence-corrected chi connectivity index (χ4v) is 3.15. The lowest BCUT2D eigenvalue weighted by molar-refractivity contribution is -0.137. The van der Waals surface area contributed by atoms with Crippen LogP contribution < -0.4 is 10.2 Å². The van der Waals surface area contributed by atoms with Gasteiger partial charge in [0, 0.05) is 30.9 Å². The summed E-state index contributed by atoms with van der Waals surface area (Å²) in [4.78, 5) is 18.2. The summed E-state index contributed by atoms with van der Waals surface area (Å²) in [5.74, 6) is 0.437. The first-order valence-corrected chi connectivity index (χ1v) is 9.05. The Morgan fingerprint density at radius 2 is 1.81 bits per heavy atom. The molecule has 1 aromatic carbocycles. The van der Waals surface area contributed by atoms with E-state index in [4.69, 9.17) is 0 Å². The number of nitrogens with zero attached hydrogens (tertiary/aromatic N) is 2. The minimum atomic E-state index is -4.38. The van der Waals surface area contributed by atoms with E-state index in [-0.39, 0.29) is 11.9 Å². The molecule has 1 aromatic heterocycles. The summed E-state index contributed by atoms with van der Waals surface area (Å²) in [7, 11) is 0. The van der Waals surface area contributed by atoms with Crippen molar-refractivity contribution in [2.24, 2.45) is 0 Å². The molecule has 1 aliphatic rings. The van der Waals surface area contributed by atoms with Gasteiger partial charge in [0.1, 0.15) is 5.82 Å². The summed E-state index contributed by atoms with van der Waals surface area (Å²) in [6.45, 7) is 3.34. The van der Waals surface area contributed by atoms with Crippen molar-refractivity contribution in [2.45, 2.75) is 38.4 Å². The van der Waals surface area contributed by atoms with Crippen molar-refractivity contribution in [3.8, 4) is 0 Å². The minimum absolute atomic E-state index is 0.0500. The molecule has 1 N–H and O–H groups in total. The van der Waals surface area contributed by atoms with E-state index in [0.29, 0.717) is 24.5 Å². The van der Waals surface area contributed by atoms with Crippen LogP contribution in [0.5, 0.6) is 0 Å². The Hall–Kier alpha value is -2.57. The molecule has 3 rings (SSSR count). The molecular formula is C20H22F3N3O. The lowest BCUT2D eigenvalue weighted by Gasteiger charge is -2.33. The largest absolute Gasteiger partial charge is 0.417 e. The summed E-state index contributed by atoms with van der Waals surface area (Å²) in [5.41, 5.74) is 1.07. The fourth-order valence-electron chi connectivity index (χ4n) is 3.15. The second kappa shape index (κ2) is 7.98. The first kappa shape index (κ1) is 19.2. The predicted molar refractivity (Wildman–Crippen MR) is 97.8 cm³/mol. The highest BCUT2D eigenvalue weighted by molar-refractivity contribution is 5.94. The molecule has 0 saturated carbocycles. The van der Waals surface area contributed by atoms with Crippen molar-refractivity contribution in [3.05, 3.63) is 59.3 Å². The molecule has 0 spiro atoms. The maximum atomic E-state index is 12.6. The summed E-state index contributed by atoms with van der Waals surface area (Å²) < 4.78 is 37.9. The van der Waals surface area contributed by atoms with Crippen LogP contribution >= 0.6 is 0 Å². The van der Waals surface area contributed by atoms with Crippen LogP contribution in [0.2, 0.25) is 0 Å². The van der Waals surface area contributed by atoms with Crippen molar-refractivity contribution < 1.29 is 18.0 Å². The molecule has 7 heteroatoms. The van der Waals surface area contributed by atoms with Gasteiger partial charge in [-0.2, -0.15) is 13.2 Å².